The van der Waals surface area contributed by atoms with Crippen molar-refractivity contribution in [2.45, 2.75) is 0 Å². The van der Waals surface area contributed by atoms with Crippen LogP contribution in [-0.4, -0.2) is 4.98 Å². The fourth-order valence-electron chi connectivity index (χ4n) is 6.49. The molecule has 222 valence electrons. The molecule has 0 spiro atoms. The summed E-state index contributed by atoms with van der Waals surface area (Å²) in [5, 5.41) is 2.00. The molecule has 0 aliphatic rings. The number of rotatable bonds is 6. The van der Waals surface area contributed by atoms with Crippen molar-refractivity contribution < 1.29 is 8.83 Å². The van der Waals surface area contributed by atoms with E-state index in [1.165, 1.54) is 5.56 Å². The predicted molar refractivity (Wildman–Crippen MR) is 192 cm³/mol. The second-order valence-electron chi connectivity index (χ2n) is 11.6. The van der Waals surface area contributed by atoms with Gasteiger partial charge >= 0.3 is 0 Å². The molecule has 0 fully saturated rings. The number of aromatic nitrogens is 1. The molecule has 0 radical (unpaired) electrons. The van der Waals surface area contributed by atoms with E-state index in [-0.39, 0.29) is 0 Å². The zero-order chi connectivity index (χ0) is 31.2. The lowest BCUT2D eigenvalue weighted by molar-refractivity contribution is 0.620. The molecule has 7 aromatic carbocycles. The van der Waals surface area contributed by atoms with Gasteiger partial charge in [-0.25, -0.2) is 4.98 Å². The molecule has 0 saturated heterocycles. The van der Waals surface area contributed by atoms with E-state index < -0.39 is 0 Å². The maximum atomic E-state index is 6.75. The lowest BCUT2D eigenvalue weighted by atomic mass is 10.0. The highest BCUT2D eigenvalue weighted by Crippen LogP contribution is 2.49. The summed E-state index contributed by atoms with van der Waals surface area (Å²) in [5.74, 6) is 0.564. The molecule has 0 bridgehead atoms. The van der Waals surface area contributed by atoms with Gasteiger partial charge in [-0.05, 0) is 59.2 Å². The minimum atomic E-state index is 0.564. The molecule has 9 aromatic rings. The van der Waals surface area contributed by atoms with Crippen LogP contribution in [0.5, 0.6) is 0 Å². The molecule has 4 heteroatoms. The standard InChI is InChI=1S/C43H28N2O2/c1-4-14-29(15-5-1)30-24-26-33(27-25-30)45(37-22-12-10-20-34(37)31-16-6-2-7-17-31)41-40-39(47-43(44-40)32-18-8-3-9-19-32)28-36-35-21-11-13-23-38(35)46-42(36)41/h1-28H. The van der Waals surface area contributed by atoms with Gasteiger partial charge in [0.05, 0.1) is 5.69 Å². The van der Waals surface area contributed by atoms with E-state index in [2.05, 4.69) is 114 Å². The Hall–Kier alpha value is -6.39. The first kappa shape index (κ1) is 27.0. The van der Waals surface area contributed by atoms with Gasteiger partial charge in [-0.1, -0.05) is 127 Å². The van der Waals surface area contributed by atoms with Gasteiger partial charge in [0.2, 0.25) is 5.89 Å². The van der Waals surface area contributed by atoms with Crippen LogP contribution >= 0.6 is 0 Å². The number of benzene rings is 7. The Bertz CT molecular complexity index is 2500. The molecule has 0 saturated carbocycles. The molecule has 0 N–H and O–H groups in total. The Balaban J connectivity index is 1.37. The second-order valence-corrected chi connectivity index (χ2v) is 11.6. The maximum Gasteiger partial charge on any atom is 0.227 e. The van der Waals surface area contributed by atoms with Crippen molar-refractivity contribution in [2.75, 3.05) is 4.90 Å². The summed E-state index contributed by atoms with van der Waals surface area (Å²) < 4.78 is 13.3. The third-order valence-corrected chi connectivity index (χ3v) is 8.71. The van der Waals surface area contributed by atoms with Gasteiger partial charge in [0, 0.05) is 27.6 Å². The van der Waals surface area contributed by atoms with Crippen molar-refractivity contribution in [2.24, 2.45) is 0 Å². The van der Waals surface area contributed by atoms with Gasteiger partial charge in [0.1, 0.15) is 16.8 Å². The summed E-state index contributed by atoms with van der Waals surface area (Å²) in [4.78, 5) is 7.45. The molecule has 4 nitrogen and oxygen atoms in total. The Kier molecular flexibility index (Phi) is 6.43. The highest BCUT2D eigenvalue weighted by Gasteiger charge is 2.27. The van der Waals surface area contributed by atoms with Crippen LogP contribution in [0.2, 0.25) is 0 Å². The molecule has 0 atom stereocenters. The highest BCUT2D eigenvalue weighted by molar-refractivity contribution is 6.18. The number of para-hydroxylation sites is 2. The Labute approximate surface area is 271 Å². The third-order valence-electron chi connectivity index (χ3n) is 8.71. The smallest absolute Gasteiger partial charge is 0.227 e. The average Bonchev–Trinajstić information content (AvgIpc) is 3.75. The Morgan fingerprint density at radius 3 is 1.79 bits per heavy atom. The molecular weight excluding hydrogens is 576 g/mol. The monoisotopic (exact) mass is 604 g/mol. The molecule has 9 rings (SSSR count). The van der Waals surface area contributed by atoms with Crippen molar-refractivity contribution in [1.82, 2.24) is 4.98 Å². The van der Waals surface area contributed by atoms with Gasteiger partial charge < -0.3 is 13.7 Å². The second kappa shape index (κ2) is 11.2. The number of oxazole rings is 1. The molecule has 47 heavy (non-hydrogen) atoms. The van der Waals surface area contributed by atoms with Crippen molar-refractivity contribution >= 4 is 50.1 Å². The summed E-state index contributed by atoms with van der Waals surface area (Å²) >= 11 is 0. The number of anilines is 3. The number of hydrogen-bond donors (Lipinski definition) is 0. The van der Waals surface area contributed by atoms with Gasteiger partial charge in [-0.2, -0.15) is 0 Å². The van der Waals surface area contributed by atoms with Crippen LogP contribution in [0, 0.1) is 0 Å². The Morgan fingerprint density at radius 2 is 1.04 bits per heavy atom. The van der Waals surface area contributed by atoms with E-state index in [0.29, 0.717) is 11.5 Å². The minimum Gasteiger partial charge on any atom is -0.454 e. The van der Waals surface area contributed by atoms with Crippen LogP contribution in [0.3, 0.4) is 0 Å². The third kappa shape index (κ3) is 4.66. The van der Waals surface area contributed by atoms with Crippen LogP contribution in [0.1, 0.15) is 0 Å². The highest BCUT2D eigenvalue weighted by atomic mass is 16.4. The van der Waals surface area contributed by atoms with Gasteiger partial charge in [-0.3, -0.25) is 0 Å². The van der Waals surface area contributed by atoms with Crippen LogP contribution in [0.15, 0.2) is 179 Å². The SMILES string of the molecule is c1ccc(-c2ccc(N(c3ccccc3-c3ccccc3)c3c4nc(-c5ccccc5)oc4cc4c3oc3ccccc34)cc2)cc1. The first-order chi connectivity index (χ1) is 23.3. The van der Waals surface area contributed by atoms with Crippen LogP contribution in [-0.2, 0) is 0 Å². The van der Waals surface area contributed by atoms with Crippen molar-refractivity contribution in [3.63, 3.8) is 0 Å². The number of hydrogen-bond acceptors (Lipinski definition) is 4. The first-order valence-electron chi connectivity index (χ1n) is 15.7. The maximum absolute atomic E-state index is 6.75. The summed E-state index contributed by atoms with van der Waals surface area (Å²) in [7, 11) is 0. The van der Waals surface area contributed by atoms with E-state index in [4.69, 9.17) is 13.8 Å². The summed E-state index contributed by atoms with van der Waals surface area (Å²) in [6.45, 7) is 0. The molecule has 0 amide bonds. The van der Waals surface area contributed by atoms with E-state index in [1.54, 1.807) is 0 Å². The Morgan fingerprint density at radius 1 is 0.447 bits per heavy atom. The first-order valence-corrected chi connectivity index (χ1v) is 15.7. The van der Waals surface area contributed by atoms with Crippen molar-refractivity contribution in [3.05, 3.63) is 170 Å². The fourth-order valence-corrected chi connectivity index (χ4v) is 6.49. The average molecular weight is 605 g/mol. The normalized spacial score (nSPS) is 11.4. The van der Waals surface area contributed by atoms with Gasteiger partial charge in [0.25, 0.3) is 0 Å². The molecule has 0 aliphatic heterocycles. The number of fused-ring (bicyclic) bond motifs is 4. The zero-order valence-corrected chi connectivity index (χ0v) is 25.4. The van der Waals surface area contributed by atoms with Crippen molar-refractivity contribution in [3.8, 4) is 33.7 Å². The minimum absolute atomic E-state index is 0.564. The van der Waals surface area contributed by atoms with Crippen LogP contribution in [0.25, 0.3) is 66.7 Å². The van der Waals surface area contributed by atoms with E-state index in [0.717, 1.165) is 66.8 Å². The van der Waals surface area contributed by atoms with Crippen LogP contribution in [0.4, 0.5) is 17.1 Å². The molecule has 0 aliphatic carbocycles. The quantitative estimate of drug-likeness (QED) is 0.189. The van der Waals surface area contributed by atoms with E-state index in [1.807, 2.05) is 60.7 Å². The zero-order valence-electron chi connectivity index (χ0n) is 25.4. The fraction of sp³-hybridized carbons (Fsp3) is 0. The lowest BCUT2D eigenvalue weighted by Crippen LogP contribution is -2.12. The summed E-state index contributed by atoms with van der Waals surface area (Å²) in [5.41, 5.74) is 11.2. The van der Waals surface area contributed by atoms with Crippen molar-refractivity contribution in [1.29, 1.82) is 0 Å². The van der Waals surface area contributed by atoms with Gasteiger partial charge in [0.15, 0.2) is 11.2 Å². The molecule has 0 unspecified atom stereocenters. The van der Waals surface area contributed by atoms with Crippen LogP contribution < -0.4 is 4.90 Å². The molecule has 2 heterocycles. The largest absolute Gasteiger partial charge is 0.454 e. The predicted octanol–water partition coefficient (Wildman–Crippen LogP) is 12.2. The van der Waals surface area contributed by atoms with E-state index in [9.17, 15) is 0 Å². The topological polar surface area (TPSA) is 42.4 Å². The van der Waals surface area contributed by atoms with E-state index >= 15 is 0 Å². The molecular formula is C43H28N2O2. The number of furan rings is 1. The summed E-state index contributed by atoms with van der Waals surface area (Å²) in [6.07, 6.45) is 0. The number of nitrogens with zero attached hydrogens (tertiary/aromatic N) is 2. The summed E-state index contributed by atoms with van der Waals surface area (Å²) in [6, 6.07) is 58.4. The molecule has 2 aromatic heterocycles. The van der Waals surface area contributed by atoms with Gasteiger partial charge in [-0.15, -0.1) is 0 Å². The lowest BCUT2D eigenvalue weighted by Gasteiger charge is -2.28.